The number of amides is 2. The first kappa shape index (κ1) is 27.9. The molecule has 0 aromatic heterocycles. The number of nitrogens with one attached hydrogen (secondary N) is 1. The fourth-order valence-electron chi connectivity index (χ4n) is 2.93. The Labute approximate surface area is 207 Å². The Morgan fingerprint density at radius 1 is 1.39 bits per heavy atom. The van der Waals surface area contributed by atoms with Crippen molar-refractivity contribution in [2.45, 2.75) is 32.4 Å². The number of hydrogen-bond acceptors (Lipinski definition) is 9. The minimum atomic E-state index is -5.05. The smallest absolute Gasteiger partial charge is 0.726 e. The molecular formula is C13H14N2Na2O9S2. The summed E-state index contributed by atoms with van der Waals surface area (Å²) in [4.78, 5) is 35.1. The number of carbonyl (C=O) groups is 3. The molecule has 28 heavy (non-hydrogen) atoms. The van der Waals surface area contributed by atoms with E-state index in [0.717, 1.165) is 16.5 Å². The molecule has 0 aromatic rings. The van der Waals surface area contributed by atoms with Crippen molar-refractivity contribution in [3.8, 4) is 0 Å². The SMILES string of the molecule is CC(=O)N/C=C\S(=O)C1=C(C(=O)[O-])N2C(=O)[C@@H](C(C)OS(=O)(=O)[O-])[C@H]2C1.[Na+].[Na+]. The van der Waals surface area contributed by atoms with Gasteiger partial charge < -0.3 is 24.7 Å². The molecule has 0 bridgehead atoms. The van der Waals surface area contributed by atoms with Crippen LogP contribution in [-0.4, -0.2) is 52.0 Å². The van der Waals surface area contributed by atoms with Gasteiger partial charge >= 0.3 is 59.1 Å². The Morgan fingerprint density at radius 2 is 1.96 bits per heavy atom. The van der Waals surface area contributed by atoms with E-state index >= 15 is 0 Å². The maximum atomic E-state index is 12.3. The summed E-state index contributed by atoms with van der Waals surface area (Å²) in [6.45, 7) is 2.41. The minimum Gasteiger partial charge on any atom is -0.726 e. The van der Waals surface area contributed by atoms with Crippen LogP contribution in [0.1, 0.15) is 20.3 Å². The Kier molecular flexibility index (Phi) is 10.8. The molecule has 15 heteroatoms. The van der Waals surface area contributed by atoms with Gasteiger partial charge in [0.1, 0.15) is 0 Å². The molecular weight excluding hydrogens is 438 g/mol. The average Bonchev–Trinajstić information content (AvgIpc) is 2.80. The maximum Gasteiger partial charge on any atom is 1.00 e. The molecule has 2 aliphatic heterocycles. The standard InChI is InChI=1S/C13H16N2O9S2.2Na/c1-6(24-26(21,22)23)10-8-5-9(25(20)4-3-14-7(2)16)11(13(18)19)15(8)12(10)17;;/h3-4,6,8,10H,5H2,1-2H3,(H,14,16)(H,18,19)(H,21,22,23);;/q;2*+1/p-2/b4-3-;;/t6?,8-,10+,25?;;/m1../s1. The molecule has 0 aliphatic carbocycles. The predicted molar refractivity (Wildman–Crippen MR) is 82.1 cm³/mol. The third-order valence-electron chi connectivity index (χ3n) is 3.86. The fourth-order valence-corrected chi connectivity index (χ4v) is 4.48. The van der Waals surface area contributed by atoms with Crippen molar-refractivity contribution in [1.29, 1.82) is 0 Å². The number of nitrogens with zero attached hydrogens (tertiary/aromatic N) is 1. The van der Waals surface area contributed by atoms with Crippen LogP contribution in [0.3, 0.4) is 0 Å². The second-order valence-electron chi connectivity index (χ2n) is 5.58. The van der Waals surface area contributed by atoms with Crippen LogP contribution in [0.15, 0.2) is 22.2 Å². The number of fused-ring (bicyclic) bond motifs is 1. The number of hydrogen-bond donors (Lipinski definition) is 1. The van der Waals surface area contributed by atoms with Gasteiger partial charge in [-0.3, -0.25) is 13.8 Å². The minimum absolute atomic E-state index is 0. The number of carbonyl (C=O) groups excluding carboxylic acids is 3. The summed E-state index contributed by atoms with van der Waals surface area (Å²) in [6, 6.07) is -0.819. The van der Waals surface area contributed by atoms with Gasteiger partial charge in [0, 0.05) is 29.9 Å². The number of rotatable bonds is 7. The maximum absolute atomic E-state index is 12.3. The number of β-lactam (4-membered cyclic amide) rings is 1. The van der Waals surface area contributed by atoms with Crippen molar-refractivity contribution >= 4 is 39.0 Å². The van der Waals surface area contributed by atoms with Gasteiger partial charge in [-0.15, -0.1) is 0 Å². The number of carboxylic acids is 1. The van der Waals surface area contributed by atoms with Crippen LogP contribution in [0.2, 0.25) is 0 Å². The van der Waals surface area contributed by atoms with Crippen LogP contribution in [0, 0.1) is 5.92 Å². The zero-order valence-corrected chi connectivity index (χ0v) is 21.2. The molecule has 0 radical (unpaired) electrons. The molecule has 2 rings (SSSR count). The van der Waals surface area contributed by atoms with Gasteiger partial charge in [0.05, 0.1) is 40.5 Å². The summed E-state index contributed by atoms with van der Waals surface area (Å²) in [5.41, 5.74) is -0.570. The summed E-state index contributed by atoms with van der Waals surface area (Å²) >= 11 is 0. The Bertz CT molecular complexity index is 856. The monoisotopic (exact) mass is 452 g/mol. The zero-order chi connectivity index (χ0) is 19.8. The normalized spacial score (nSPS) is 23.2. The molecule has 0 spiro atoms. The molecule has 2 amide bonds. The first-order chi connectivity index (χ1) is 11.9. The van der Waals surface area contributed by atoms with Crippen molar-refractivity contribution in [3.05, 3.63) is 22.2 Å². The molecule has 144 valence electrons. The zero-order valence-electron chi connectivity index (χ0n) is 15.5. The van der Waals surface area contributed by atoms with E-state index in [1.165, 1.54) is 13.8 Å². The molecule has 2 unspecified atom stereocenters. The fraction of sp³-hybridized carbons (Fsp3) is 0.462. The second-order valence-corrected chi connectivity index (χ2v) is 7.94. The van der Waals surface area contributed by atoms with Crippen LogP contribution in [0.25, 0.3) is 0 Å². The summed E-state index contributed by atoms with van der Waals surface area (Å²) in [5.74, 6) is -4.01. The largest absolute Gasteiger partial charge is 1.00 e. The molecule has 11 nitrogen and oxygen atoms in total. The molecule has 1 saturated heterocycles. The molecule has 4 atom stereocenters. The first-order valence-corrected chi connectivity index (χ1v) is 9.74. The van der Waals surface area contributed by atoms with E-state index in [4.69, 9.17) is 0 Å². The molecule has 1 N–H and O–H groups in total. The van der Waals surface area contributed by atoms with Gasteiger partial charge in [-0.2, -0.15) is 0 Å². The molecule has 1 fully saturated rings. The van der Waals surface area contributed by atoms with Gasteiger partial charge in [-0.25, -0.2) is 12.6 Å². The van der Waals surface area contributed by atoms with E-state index in [0.29, 0.717) is 0 Å². The van der Waals surface area contributed by atoms with Gasteiger partial charge in [0.2, 0.25) is 22.2 Å². The Hall–Kier alpha value is -0.0900. The summed E-state index contributed by atoms with van der Waals surface area (Å²) in [5, 5.41) is 14.6. The second kappa shape index (κ2) is 10.8. The molecule has 0 saturated carbocycles. The van der Waals surface area contributed by atoms with Crippen molar-refractivity contribution in [1.82, 2.24) is 10.2 Å². The van der Waals surface area contributed by atoms with Crippen LogP contribution in [0.4, 0.5) is 0 Å². The van der Waals surface area contributed by atoms with Gasteiger partial charge in [-0.1, -0.05) is 0 Å². The third-order valence-corrected chi connectivity index (χ3v) is 5.63. The van der Waals surface area contributed by atoms with Crippen molar-refractivity contribution < 1.29 is 100.0 Å². The first-order valence-electron chi connectivity index (χ1n) is 7.20. The van der Waals surface area contributed by atoms with Crippen molar-refractivity contribution in [2.24, 2.45) is 5.92 Å². The van der Waals surface area contributed by atoms with Crippen LogP contribution in [0.5, 0.6) is 0 Å². The molecule has 2 heterocycles. The average molecular weight is 452 g/mol. The van der Waals surface area contributed by atoms with Gasteiger partial charge in [0.15, 0.2) is 0 Å². The Morgan fingerprint density at radius 3 is 2.43 bits per heavy atom. The van der Waals surface area contributed by atoms with E-state index in [9.17, 15) is 36.7 Å². The van der Waals surface area contributed by atoms with Crippen molar-refractivity contribution in [3.63, 3.8) is 0 Å². The Balaban J connectivity index is 0.00000364. The summed E-state index contributed by atoms with van der Waals surface area (Å²) in [6.07, 6.45) is -0.372. The van der Waals surface area contributed by atoms with E-state index in [1.54, 1.807) is 0 Å². The summed E-state index contributed by atoms with van der Waals surface area (Å²) in [7, 11) is -7.03. The molecule has 2 aliphatic rings. The van der Waals surface area contributed by atoms with Crippen LogP contribution < -0.4 is 69.5 Å². The predicted octanol–water partition coefficient (Wildman–Crippen LogP) is -8.59. The van der Waals surface area contributed by atoms with Crippen molar-refractivity contribution in [2.75, 3.05) is 0 Å². The van der Waals surface area contributed by atoms with Crippen LogP contribution in [-0.2, 0) is 39.8 Å². The van der Waals surface area contributed by atoms with Gasteiger partial charge in [-0.05, 0) is 6.92 Å². The third kappa shape index (κ3) is 6.20. The number of aliphatic carboxylic acids is 1. The van der Waals surface area contributed by atoms with E-state index in [-0.39, 0.29) is 70.4 Å². The quantitative estimate of drug-likeness (QED) is 0.170. The topological polar surface area (TPSA) is 173 Å². The molecule has 0 aromatic carbocycles. The van der Waals surface area contributed by atoms with E-state index < -0.39 is 62.7 Å². The van der Waals surface area contributed by atoms with E-state index in [2.05, 4.69) is 9.50 Å². The van der Waals surface area contributed by atoms with E-state index in [1.807, 2.05) is 0 Å². The summed E-state index contributed by atoms with van der Waals surface area (Å²) < 4.78 is 48.6. The number of carboxylic acid groups (broad SMARTS) is 1. The van der Waals surface area contributed by atoms with Gasteiger partial charge in [0.25, 0.3) is 0 Å². The van der Waals surface area contributed by atoms with Crippen LogP contribution >= 0.6 is 0 Å².